The third-order valence-corrected chi connectivity index (χ3v) is 6.80. The van der Waals surface area contributed by atoms with Crippen molar-refractivity contribution < 1.29 is 14.7 Å². The number of likely N-dealkylation sites (tertiary alicyclic amines) is 1. The lowest BCUT2D eigenvalue weighted by atomic mass is 10.1. The summed E-state index contributed by atoms with van der Waals surface area (Å²) in [7, 11) is 5.42. The van der Waals surface area contributed by atoms with Crippen molar-refractivity contribution >= 4 is 23.3 Å². The maximum absolute atomic E-state index is 13.2. The van der Waals surface area contributed by atoms with E-state index in [1.165, 1.54) is 17.5 Å². The van der Waals surface area contributed by atoms with Gasteiger partial charge in [0.1, 0.15) is 11.5 Å². The third-order valence-electron chi connectivity index (χ3n) is 6.80. The first-order chi connectivity index (χ1) is 17.8. The van der Waals surface area contributed by atoms with Crippen molar-refractivity contribution in [2.45, 2.75) is 25.0 Å². The number of carbonyl (C=O) groups excluding carboxylic acids is 2. The monoisotopic (exact) mass is 504 g/mol. The van der Waals surface area contributed by atoms with Gasteiger partial charge in [0, 0.05) is 44.6 Å². The molecule has 11 nitrogen and oxygen atoms in total. The van der Waals surface area contributed by atoms with Gasteiger partial charge in [-0.05, 0) is 57.1 Å². The third kappa shape index (κ3) is 5.62. The molecule has 1 saturated heterocycles. The lowest BCUT2D eigenvalue weighted by Gasteiger charge is -2.21. The van der Waals surface area contributed by atoms with Gasteiger partial charge >= 0.3 is 0 Å². The normalized spacial score (nSPS) is 19.3. The highest BCUT2D eigenvalue weighted by atomic mass is 16.3. The largest absolute Gasteiger partial charge is 0.390 e. The van der Waals surface area contributed by atoms with Crippen LogP contribution in [0.1, 0.15) is 33.8 Å². The van der Waals surface area contributed by atoms with Gasteiger partial charge in [0.05, 0.1) is 23.5 Å². The average Bonchev–Trinajstić information content (AvgIpc) is 3.53. The van der Waals surface area contributed by atoms with Crippen molar-refractivity contribution in [3.63, 3.8) is 0 Å². The summed E-state index contributed by atoms with van der Waals surface area (Å²) in [4.78, 5) is 38.8. The zero-order valence-electron chi connectivity index (χ0n) is 21.3. The lowest BCUT2D eigenvalue weighted by molar-refractivity contribution is 0.0758. The molecule has 3 N–H and O–H groups in total. The van der Waals surface area contributed by atoms with Gasteiger partial charge < -0.3 is 25.5 Å². The van der Waals surface area contributed by atoms with Crippen LogP contribution in [0, 0.1) is 5.92 Å². The van der Waals surface area contributed by atoms with Gasteiger partial charge in [-0.15, -0.1) is 0 Å². The van der Waals surface area contributed by atoms with Crippen LogP contribution in [0.3, 0.4) is 0 Å². The first-order valence-corrected chi connectivity index (χ1v) is 12.4. The van der Waals surface area contributed by atoms with E-state index in [-0.39, 0.29) is 29.9 Å². The molecule has 0 aromatic carbocycles. The standard InChI is InChI=1S/C26H32N8O3/c1-32(2)21-14-34(15-22(21)35)26(37)24-20(13-33(3)31-24)30-25(36)19-6-4-5-18(29-19)17-9-10-27-23(11-17)28-12-16-7-8-16/h4-6,9-11,13,16,21-22,35H,7-8,12,14-15H2,1-3H3,(H,27,28)(H,30,36)/t21-,22-/m0/s1. The van der Waals surface area contributed by atoms with Crippen LogP contribution in [0.15, 0.2) is 42.7 Å². The molecule has 1 aliphatic heterocycles. The summed E-state index contributed by atoms with van der Waals surface area (Å²) in [5, 5.41) is 20.8. The highest BCUT2D eigenvalue weighted by Crippen LogP contribution is 2.29. The summed E-state index contributed by atoms with van der Waals surface area (Å²) in [6, 6.07) is 8.87. The number of aryl methyl sites for hydroxylation is 1. The number of nitrogens with zero attached hydrogens (tertiary/aromatic N) is 6. The number of likely N-dealkylation sites (N-methyl/N-ethyl adjacent to an activating group) is 1. The number of hydrogen-bond donors (Lipinski definition) is 3. The molecule has 0 unspecified atom stereocenters. The van der Waals surface area contributed by atoms with Gasteiger partial charge in [-0.3, -0.25) is 14.3 Å². The number of aliphatic hydroxyl groups excluding tert-OH is 1. The lowest BCUT2D eigenvalue weighted by Crippen LogP contribution is -2.38. The van der Waals surface area contributed by atoms with E-state index in [0.717, 1.165) is 23.8 Å². The number of amides is 2. The first kappa shape index (κ1) is 24.8. The van der Waals surface area contributed by atoms with Crippen LogP contribution in [0.5, 0.6) is 0 Å². The van der Waals surface area contributed by atoms with Crippen molar-refractivity contribution in [1.82, 2.24) is 29.5 Å². The number of nitrogens with one attached hydrogen (secondary N) is 2. The van der Waals surface area contributed by atoms with Gasteiger partial charge in [-0.2, -0.15) is 5.10 Å². The summed E-state index contributed by atoms with van der Waals surface area (Å²) in [5.41, 5.74) is 2.13. The molecule has 1 aliphatic carbocycles. The fraction of sp³-hybridized carbons (Fsp3) is 0.423. The quantitative estimate of drug-likeness (QED) is 0.423. The summed E-state index contributed by atoms with van der Waals surface area (Å²) in [5.74, 6) is 0.717. The molecule has 11 heteroatoms. The van der Waals surface area contributed by atoms with Crippen LogP contribution in [0.2, 0.25) is 0 Å². The Kier molecular flexibility index (Phi) is 6.90. The zero-order valence-corrected chi connectivity index (χ0v) is 21.3. The zero-order chi connectivity index (χ0) is 26.1. The fourth-order valence-corrected chi connectivity index (χ4v) is 4.50. The number of pyridine rings is 2. The molecule has 0 spiro atoms. The van der Waals surface area contributed by atoms with E-state index < -0.39 is 12.0 Å². The number of carbonyl (C=O) groups is 2. The van der Waals surface area contributed by atoms with Crippen molar-refractivity contribution in [1.29, 1.82) is 0 Å². The smallest absolute Gasteiger partial charge is 0.276 e. The number of aliphatic hydroxyl groups is 1. The summed E-state index contributed by atoms with van der Waals surface area (Å²) in [6.45, 7) is 1.49. The highest BCUT2D eigenvalue weighted by Gasteiger charge is 2.37. The van der Waals surface area contributed by atoms with Crippen molar-refractivity contribution in [3.05, 3.63) is 54.1 Å². The molecule has 2 amide bonds. The van der Waals surface area contributed by atoms with Crippen LogP contribution in [0.25, 0.3) is 11.3 Å². The van der Waals surface area contributed by atoms with Crippen molar-refractivity contribution in [2.75, 3.05) is 44.4 Å². The minimum atomic E-state index is -0.648. The molecule has 37 heavy (non-hydrogen) atoms. The predicted octanol–water partition coefficient (Wildman–Crippen LogP) is 1.70. The summed E-state index contributed by atoms with van der Waals surface area (Å²) in [6.07, 6.45) is 5.18. The molecule has 0 radical (unpaired) electrons. The molecule has 3 aromatic heterocycles. The highest BCUT2D eigenvalue weighted by molar-refractivity contribution is 6.07. The van der Waals surface area contributed by atoms with E-state index >= 15 is 0 Å². The molecule has 4 heterocycles. The molecule has 194 valence electrons. The fourth-order valence-electron chi connectivity index (χ4n) is 4.50. The van der Waals surface area contributed by atoms with E-state index in [1.807, 2.05) is 37.2 Å². The maximum atomic E-state index is 13.2. The molecular formula is C26H32N8O3. The van der Waals surface area contributed by atoms with Crippen LogP contribution < -0.4 is 10.6 Å². The number of anilines is 2. The Bertz CT molecular complexity index is 1300. The predicted molar refractivity (Wildman–Crippen MR) is 139 cm³/mol. The second-order valence-electron chi connectivity index (χ2n) is 9.99. The molecule has 2 fully saturated rings. The number of hydrogen-bond acceptors (Lipinski definition) is 8. The molecular weight excluding hydrogens is 472 g/mol. The number of aromatic nitrogens is 4. The molecule has 0 bridgehead atoms. The molecule has 2 atom stereocenters. The second kappa shape index (κ2) is 10.3. The van der Waals surface area contributed by atoms with Gasteiger partial charge in [0.25, 0.3) is 11.8 Å². The van der Waals surface area contributed by atoms with Crippen LogP contribution in [0.4, 0.5) is 11.5 Å². The minimum Gasteiger partial charge on any atom is -0.390 e. The maximum Gasteiger partial charge on any atom is 0.276 e. The Hall–Kier alpha value is -3.83. The number of rotatable bonds is 8. The second-order valence-corrected chi connectivity index (χ2v) is 9.99. The molecule has 1 saturated carbocycles. The van der Waals surface area contributed by atoms with E-state index in [2.05, 4.69) is 25.7 Å². The Morgan fingerprint density at radius 2 is 2.00 bits per heavy atom. The Morgan fingerprint density at radius 1 is 1.19 bits per heavy atom. The topological polar surface area (TPSA) is 129 Å². The Labute approximate surface area is 215 Å². The first-order valence-electron chi connectivity index (χ1n) is 12.4. The molecule has 5 rings (SSSR count). The van der Waals surface area contributed by atoms with Crippen molar-refractivity contribution in [2.24, 2.45) is 13.0 Å². The van der Waals surface area contributed by atoms with Crippen LogP contribution in [-0.4, -0.2) is 92.3 Å². The van der Waals surface area contributed by atoms with E-state index in [0.29, 0.717) is 17.9 Å². The SMILES string of the molecule is CN(C)[C@H]1CN(C(=O)c2nn(C)cc2NC(=O)c2cccc(-c3ccnc(NCC4CC4)c3)n2)C[C@@H]1O. The Balaban J connectivity index is 1.31. The van der Waals surface area contributed by atoms with Gasteiger partial charge in [-0.1, -0.05) is 6.07 Å². The minimum absolute atomic E-state index is 0.124. The van der Waals surface area contributed by atoms with Gasteiger partial charge in [0.2, 0.25) is 0 Å². The van der Waals surface area contributed by atoms with E-state index in [9.17, 15) is 14.7 Å². The summed E-state index contributed by atoms with van der Waals surface area (Å²) >= 11 is 0. The van der Waals surface area contributed by atoms with Crippen LogP contribution >= 0.6 is 0 Å². The molecule has 3 aromatic rings. The summed E-state index contributed by atoms with van der Waals surface area (Å²) < 4.78 is 1.48. The van der Waals surface area contributed by atoms with E-state index in [1.54, 1.807) is 36.5 Å². The number of β-amino-alcohol motifs (C(OH)–C–C–N with tert-alkyl or cyclic N) is 1. The average molecular weight is 505 g/mol. The molecule has 2 aliphatic rings. The van der Waals surface area contributed by atoms with Gasteiger partial charge in [0.15, 0.2) is 5.69 Å². The van der Waals surface area contributed by atoms with Gasteiger partial charge in [-0.25, -0.2) is 9.97 Å². The van der Waals surface area contributed by atoms with E-state index in [4.69, 9.17) is 0 Å². The Morgan fingerprint density at radius 3 is 2.73 bits per heavy atom. The van der Waals surface area contributed by atoms with Crippen LogP contribution in [-0.2, 0) is 7.05 Å². The van der Waals surface area contributed by atoms with Crippen molar-refractivity contribution in [3.8, 4) is 11.3 Å².